The van der Waals surface area contributed by atoms with Gasteiger partial charge in [-0.2, -0.15) is 0 Å². The van der Waals surface area contributed by atoms with Gasteiger partial charge in [0.2, 0.25) is 0 Å². The minimum absolute atomic E-state index is 0.339. The van der Waals surface area contributed by atoms with Gasteiger partial charge in [0.15, 0.2) is 0 Å². The molecule has 26 heavy (non-hydrogen) atoms. The molecule has 1 aromatic carbocycles. The number of esters is 1. The Bertz CT molecular complexity index is 1010. The topological polar surface area (TPSA) is 57.9 Å². The molecule has 0 aliphatic rings. The Morgan fingerprint density at radius 3 is 2.50 bits per heavy atom. The maximum Gasteiger partial charge on any atom is 0.355 e. The molecule has 0 radical (unpaired) electrons. The molecule has 0 atom stereocenters. The highest BCUT2D eigenvalue weighted by molar-refractivity contribution is 7.13. The van der Waals surface area contributed by atoms with Gasteiger partial charge < -0.3 is 14.7 Å². The highest BCUT2D eigenvalue weighted by atomic mass is 32.1. The van der Waals surface area contributed by atoms with Crippen LogP contribution in [0.25, 0.3) is 33.1 Å². The number of nitrogens with one attached hydrogen (secondary N) is 2. The van der Waals surface area contributed by atoms with E-state index in [1.807, 2.05) is 60.8 Å². The lowest BCUT2D eigenvalue weighted by atomic mass is 10.1. The van der Waals surface area contributed by atoms with Crippen LogP contribution in [0, 0.1) is 0 Å². The Balaban J connectivity index is 1.78. The fourth-order valence-corrected chi connectivity index (χ4v) is 3.63. The van der Waals surface area contributed by atoms with Crippen LogP contribution in [0.2, 0.25) is 0 Å². The average molecular weight is 362 g/mol. The summed E-state index contributed by atoms with van der Waals surface area (Å²) in [5, 5.41) is 2.02. The number of carbonyl (C=O) groups excluding carboxylic acids is 1. The van der Waals surface area contributed by atoms with E-state index in [2.05, 4.69) is 22.1 Å². The monoisotopic (exact) mass is 362 g/mol. The van der Waals surface area contributed by atoms with E-state index < -0.39 is 0 Å². The maximum atomic E-state index is 12.4. The predicted octanol–water partition coefficient (Wildman–Crippen LogP) is 5.58. The summed E-state index contributed by atoms with van der Waals surface area (Å²) in [4.78, 5) is 20.2. The number of thiophene rings is 1. The third kappa shape index (κ3) is 3.09. The smallest absolute Gasteiger partial charge is 0.355 e. The third-order valence-corrected chi connectivity index (χ3v) is 5.05. The second-order valence-corrected chi connectivity index (χ2v) is 6.77. The molecule has 2 N–H and O–H groups in total. The molecule has 0 aliphatic heterocycles. The SMILES string of the molecule is CCOC(=O)c1[nH]c(-c2cccs2)cc1-c1ccc(-c2ccccc2)[nH]1. The molecule has 0 fully saturated rings. The van der Waals surface area contributed by atoms with Crippen molar-refractivity contribution in [2.24, 2.45) is 0 Å². The molecule has 0 spiro atoms. The quantitative estimate of drug-likeness (QED) is 0.455. The van der Waals surface area contributed by atoms with Crippen molar-refractivity contribution in [1.82, 2.24) is 9.97 Å². The molecule has 0 saturated heterocycles. The van der Waals surface area contributed by atoms with Crippen LogP contribution >= 0.6 is 11.3 Å². The van der Waals surface area contributed by atoms with Crippen molar-refractivity contribution in [3.63, 3.8) is 0 Å². The Morgan fingerprint density at radius 2 is 1.77 bits per heavy atom. The Morgan fingerprint density at radius 1 is 0.962 bits per heavy atom. The van der Waals surface area contributed by atoms with Gasteiger partial charge in [-0.15, -0.1) is 11.3 Å². The summed E-state index contributed by atoms with van der Waals surface area (Å²) < 4.78 is 5.23. The van der Waals surface area contributed by atoms with Gasteiger partial charge in [0.05, 0.1) is 17.2 Å². The van der Waals surface area contributed by atoms with Crippen LogP contribution in [-0.2, 0) is 4.74 Å². The van der Waals surface area contributed by atoms with Gasteiger partial charge in [-0.05, 0) is 42.1 Å². The minimum atomic E-state index is -0.346. The van der Waals surface area contributed by atoms with Crippen molar-refractivity contribution in [1.29, 1.82) is 0 Å². The number of hydrogen-bond donors (Lipinski definition) is 2. The maximum absolute atomic E-state index is 12.4. The van der Waals surface area contributed by atoms with Crippen LogP contribution in [0.1, 0.15) is 17.4 Å². The molecule has 130 valence electrons. The lowest BCUT2D eigenvalue weighted by Gasteiger charge is -2.03. The first-order chi connectivity index (χ1) is 12.8. The minimum Gasteiger partial charge on any atom is -0.461 e. The van der Waals surface area contributed by atoms with E-state index in [1.54, 1.807) is 11.3 Å². The molecule has 5 heteroatoms. The van der Waals surface area contributed by atoms with E-state index in [9.17, 15) is 4.79 Å². The van der Waals surface area contributed by atoms with E-state index in [1.165, 1.54) is 0 Å². The van der Waals surface area contributed by atoms with Crippen LogP contribution in [0.5, 0.6) is 0 Å². The van der Waals surface area contributed by atoms with Crippen LogP contribution in [0.4, 0.5) is 0 Å². The van der Waals surface area contributed by atoms with E-state index >= 15 is 0 Å². The van der Waals surface area contributed by atoms with E-state index in [4.69, 9.17) is 4.74 Å². The van der Waals surface area contributed by atoms with Crippen LogP contribution in [-0.4, -0.2) is 22.5 Å². The van der Waals surface area contributed by atoms with Gasteiger partial charge in [-0.3, -0.25) is 0 Å². The number of carbonyl (C=O) groups is 1. The molecule has 0 saturated carbocycles. The van der Waals surface area contributed by atoms with Gasteiger partial charge in [-0.25, -0.2) is 4.79 Å². The summed E-state index contributed by atoms with van der Waals surface area (Å²) in [5.41, 5.74) is 5.19. The molecular formula is C21H18N2O2S. The molecule has 4 rings (SSSR count). The summed E-state index contributed by atoms with van der Waals surface area (Å²) >= 11 is 1.63. The van der Waals surface area contributed by atoms with E-state index in [-0.39, 0.29) is 5.97 Å². The molecular weight excluding hydrogens is 344 g/mol. The third-order valence-electron chi connectivity index (χ3n) is 4.14. The van der Waals surface area contributed by atoms with Crippen molar-refractivity contribution >= 4 is 17.3 Å². The fourth-order valence-electron chi connectivity index (χ4n) is 2.93. The van der Waals surface area contributed by atoms with E-state index in [0.29, 0.717) is 12.3 Å². The van der Waals surface area contributed by atoms with E-state index in [0.717, 1.165) is 33.1 Å². The molecule has 3 aromatic heterocycles. The first-order valence-corrected chi connectivity index (χ1v) is 9.33. The zero-order valence-electron chi connectivity index (χ0n) is 14.3. The number of aromatic amines is 2. The molecule has 0 bridgehead atoms. The lowest BCUT2D eigenvalue weighted by molar-refractivity contribution is 0.0521. The van der Waals surface area contributed by atoms with Crippen molar-refractivity contribution in [2.45, 2.75) is 6.92 Å². The second-order valence-electron chi connectivity index (χ2n) is 5.82. The number of H-pyrrole nitrogens is 2. The van der Waals surface area contributed by atoms with Crippen molar-refractivity contribution in [3.8, 4) is 33.1 Å². The largest absolute Gasteiger partial charge is 0.461 e. The first kappa shape index (κ1) is 16.4. The molecule has 0 amide bonds. The van der Waals surface area contributed by atoms with Gasteiger partial charge in [0, 0.05) is 17.0 Å². The normalized spacial score (nSPS) is 10.8. The number of benzene rings is 1. The van der Waals surface area contributed by atoms with Crippen LogP contribution < -0.4 is 0 Å². The number of aromatic nitrogens is 2. The van der Waals surface area contributed by atoms with Gasteiger partial charge in [0.25, 0.3) is 0 Å². The summed E-state index contributed by atoms with van der Waals surface area (Å²) in [5.74, 6) is -0.346. The molecule has 3 heterocycles. The summed E-state index contributed by atoms with van der Waals surface area (Å²) in [6.45, 7) is 2.15. The van der Waals surface area contributed by atoms with Crippen LogP contribution in [0.3, 0.4) is 0 Å². The lowest BCUT2D eigenvalue weighted by Crippen LogP contribution is -2.06. The molecule has 4 aromatic rings. The summed E-state index contributed by atoms with van der Waals surface area (Å²) in [6, 6.07) is 20.1. The summed E-state index contributed by atoms with van der Waals surface area (Å²) in [7, 11) is 0. The zero-order chi connectivity index (χ0) is 17.9. The Kier molecular flexibility index (Phi) is 4.46. The van der Waals surface area contributed by atoms with Crippen molar-refractivity contribution in [3.05, 3.63) is 71.7 Å². The first-order valence-electron chi connectivity index (χ1n) is 8.45. The number of hydrogen-bond acceptors (Lipinski definition) is 3. The molecule has 0 aliphatic carbocycles. The van der Waals surface area contributed by atoms with Gasteiger partial charge in [0.1, 0.15) is 5.69 Å². The van der Waals surface area contributed by atoms with Crippen molar-refractivity contribution in [2.75, 3.05) is 6.61 Å². The summed E-state index contributed by atoms with van der Waals surface area (Å²) in [6.07, 6.45) is 0. The zero-order valence-corrected chi connectivity index (χ0v) is 15.1. The number of rotatable bonds is 5. The second kappa shape index (κ2) is 7.06. The Hall–Kier alpha value is -3.05. The van der Waals surface area contributed by atoms with Gasteiger partial charge >= 0.3 is 5.97 Å². The van der Waals surface area contributed by atoms with Crippen molar-refractivity contribution < 1.29 is 9.53 Å². The molecule has 0 unspecified atom stereocenters. The predicted molar refractivity (Wildman–Crippen MR) is 105 cm³/mol. The fraction of sp³-hybridized carbons (Fsp3) is 0.0952. The Labute approximate surface area is 155 Å². The number of ether oxygens (including phenoxy) is 1. The standard InChI is InChI=1S/C21H18N2O2S/c1-2-25-21(24)20-15(13-18(23-20)19-9-6-12-26-19)17-11-10-16(22-17)14-7-4-3-5-8-14/h3-13,22-23H,2H2,1H3. The highest BCUT2D eigenvalue weighted by Crippen LogP contribution is 2.33. The molecule has 4 nitrogen and oxygen atoms in total. The average Bonchev–Trinajstić information content (AvgIpc) is 3.41. The highest BCUT2D eigenvalue weighted by Gasteiger charge is 2.20. The van der Waals surface area contributed by atoms with Gasteiger partial charge in [-0.1, -0.05) is 36.4 Å². The van der Waals surface area contributed by atoms with Crippen LogP contribution in [0.15, 0.2) is 66.0 Å².